The maximum absolute atomic E-state index is 11.1. The number of thiazole rings is 1. The largest absolute Gasteiger partial charge is 0.481 e. The Balaban J connectivity index is 1.64. The molecule has 0 aliphatic carbocycles. The fraction of sp³-hybridized carbons (Fsp3) is 0.429. The van der Waals surface area contributed by atoms with Crippen LogP contribution in [0.15, 0.2) is 28.4 Å². The Morgan fingerprint density at radius 1 is 1.60 bits per heavy atom. The van der Waals surface area contributed by atoms with Crippen LogP contribution in [0.3, 0.4) is 0 Å². The molecule has 2 aromatic rings. The van der Waals surface area contributed by atoms with Gasteiger partial charge in [0.15, 0.2) is 0 Å². The van der Waals surface area contributed by atoms with Crippen molar-refractivity contribution in [1.29, 1.82) is 0 Å². The molecule has 106 valence electrons. The van der Waals surface area contributed by atoms with Gasteiger partial charge in [-0.15, -0.1) is 11.3 Å². The lowest BCUT2D eigenvalue weighted by molar-refractivity contribution is -0.143. The predicted molar refractivity (Wildman–Crippen MR) is 75.5 cm³/mol. The van der Waals surface area contributed by atoms with Crippen molar-refractivity contribution in [3.8, 4) is 10.6 Å². The van der Waals surface area contributed by atoms with E-state index >= 15 is 0 Å². The number of nitrogens with zero attached hydrogens (tertiary/aromatic N) is 2. The van der Waals surface area contributed by atoms with Gasteiger partial charge in [0.2, 0.25) is 0 Å². The van der Waals surface area contributed by atoms with E-state index in [-0.39, 0.29) is 5.92 Å². The first-order valence-corrected chi connectivity index (χ1v) is 7.52. The van der Waals surface area contributed by atoms with Gasteiger partial charge in [-0.05, 0) is 25.5 Å². The first-order chi connectivity index (χ1) is 9.72. The topological polar surface area (TPSA) is 66.6 Å². The molecule has 1 aliphatic heterocycles. The molecule has 6 heteroatoms. The van der Waals surface area contributed by atoms with Crippen LogP contribution in [0.5, 0.6) is 0 Å². The number of hydrogen-bond donors (Lipinski definition) is 1. The highest BCUT2D eigenvalue weighted by molar-refractivity contribution is 7.13. The van der Waals surface area contributed by atoms with Crippen LogP contribution in [0.25, 0.3) is 10.6 Å². The van der Waals surface area contributed by atoms with Gasteiger partial charge in [-0.3, -0.25) is 9.69 Å². The van der Waals surface area contributed by atoms with Crippen molar-refractivity contribution in [1.82, 2.24) is 9.88 Å². The molecule has 1 saturated heterocycles. The summed E-state index contributed by atoms with van der Waals surface area (Å²) >= 11 is 1.59. The number of carboxylic acid groups (broad SMARTS) is 1. The van der Waals surface area contributed by atoms with Gasteiger partial charge in [-0.1, -0.05) is 0 Å². The summed E-state index contributed by atoms with van der Waals surface area (Å²) < 4.78 is 5.06. The van der Waals surface area contributed by atoms with Crippen LogP contribution < -0.4 is 0 Å². The molecule has 20 heavy (non-hydrogen) atoms. The molecule has 0 spiro atoms. The fourth-order valence-corrected chi connectivity index (χ4v) is 3.33. The fourth-order valence-electron chi connectivity index (χ4n) is 2.53. The first-order valence-electron chi connectivity index (χ1n) is 6.64. The summed E-state index contributed by atoms with van der Waals surface area (Å²) in [6, 6.07) is 1.89. The van der Waals surface area contributed by atoms with Gasteiger partial charge < -0.3 is 9.52 Å². The molecule has 0 amide bonds. The van der Waals surface area contributed by atoms with Gasteiger partial charge >= 0.3 is 5.97 Å². The van der Waals surface area contributed by atoms with Crippen LogP contribution in [-0.2, 0) is 11.3 Å². The molecule has 1 fully saturated rings. The molecule has 0 bridgehead atoms. The number of aromatic nitrogens is 1. The molecule has 5 nitrogen and oxygen atoms in total. The monoisotopic (exact) mass is 292 g/mol. The average Bonchev–Trinajstić information content (AvgIpc) is 3.09. The highest BCUT2D eigenvalue weighted by Crippen LogP contribution is 2.25. The lowest BCUT2D eigenvalue weighted by Crippen LogP contribution is -2.38. The maximum atomic E-state index is 11.1. The van der Waals surface area contributed by atoms with Gasteiger partial charge in [0.25, 0.3) is 0 Å². The van der Waals surface area contributed by atoms with Gasteiger partial charge in [0.05, 0.1) is 17.9 Å². The molecule has 0 saturated carbocycles. The molecular formula is C14H16N2O3S. The number of aliphatic carboxylic acids is 1. The quantitative estimate of drug-likeness (QED) is 0.938. The van der Waals surface area contributed by atoms with Gasteiger partial charge in [0.1, 0.15) is 11.3 Å². The number of likely N-dealkylation sites (tertiary alicyclic amines) is 1. The van der Waals surface area contributed by atoms with Crippen molar-refractivity contribution < 1.29 is 14.3 Å². The standard InChI is InChI=1S/C14H16N2O3S/c17-14(18)10-2-1-4-16(6-10)7-12-9-20-13(15-12)11-3-5-19-8-11/h3,5,8-10H,1-2,4,6-7H2,(H,17,18). The lowest BCUT2D eigenvalue weighted by Gasteiger charge is -2.29. The molecule has 0 radical (unpaired) electrons. The summed E-state index contributed by atoms with van der Waals surface area (Å²) in [4.78, 5) is 17.8. The second-order valence-electron chi connectivity index (χ2n) is 5.07. The van der Waals surface area contributed by atoms with E-state index in [0.717, 1.165) is 42.2 Å². The molecule has 1 atom stereocenters. The van der Waals surface area contributed by atoms with E-state index in [0.29, 0.717) is 6.54 Å². The highest BCUT2D eigenvalue weighted by Gasteiger charge is 2.25. The predicted octanol–water partition coefficient (Wildman–Crippen LogP) is 2.70. The Kier molecular flexibility index (Phi) is 3.84. The molecular weight excluding hydrogens is 276 g/mol. The average molecular weight is 292 g/mol. The number of furan rings is 1. The summed E-state index contributed by atoms with van der Waals surface area (Å²) in [5, 5.41) is 12.1. The van der Waals surface area contributed by atoms with Crippen molar-refractivity contribution in [3.05, 3.63) is 29.7 Å². The van der Waals surface area contributed by atoms with Crippen molar-refractivity contribution in [2.24, 2.45) is 5.92 Å². The third kappa shape index (κ3) is 2.91. The van der Waals surface area contributed by atoms with E-state index in [4.69, 9.17) is 9.52 Å². The Morgan fingerprint density at radius 2 is 2.50 bits per heavy atom. The second kappa shape index (κ2) is 5.76. The summed E-state index contributed by atoms with van der Waals surface area (Å²) in [5.41, 5.74) is 1.99. The van der Waals surface area contributed by atoms with Gasteiger partial charge in [0, 0.05) is 24.0 Å². The summed E-state index contributed by atoms with van der Waals surface area (Å²) in [6.45, 7) is 2.29. The lowest BCUT2D eigenvalue weighted by atomic mass is 9.98. The van der Waals surface area contributed by atoms with Crippen molar-refractivity contribution in [2.45, 2.75) is 19.4 Å². The summed E-state index contributed by atoms with van der Waals surface area (Å²) in [5.74, 6) is -0.928. The molecule has 0 aromatic carbocycles. The van der Waals surface area contributed by atoms with Crippen molar-refractivity contribution in [3.63, 3.8) is 0 Å². The SMILES string of the molecule is O=C(O)C1CCCN(Cc2csc(-c3ccoc3)n2)C1. The van der Waals surface area contributed by atoms with Gasteiger partial charge in [-0.2, -0.15) is 0 Å². The zero-order valence-corrected chi connectivity index (χ0v) is 11.8. The Bertz CT molecular complexity index is 579. The molecule has 3 heterocycles. The van der Waals surface area contributed by atoms with Crippen LogP contribution in [0.1, 0.15) is 18.5 Å². The summed E-state index contributed by atoms with van der Waals surface area (Å²) in [6.07, 6.45) is 5.04. The number of piperidine rings is 1. The van der Waals surface area contributed by atoms with E-state index in [1.807, 2.05) is 11.4 Å². The van der Waals surface area contributed by atoms with Crippen LogP contribution >= 0.6 is 11.3 Å². The zero-order chi connectivity index (χ0) is 13.9. The number of carbonyl (C=O) groups is 1. The minimum atomic E-state index is -0.688. The van der Waals surface area contributed by atoms with E-state index in [1.54, 1.807) is 23.9 Å². The van der Waals surface area contributed by atoms with Crippen LogP contribution in [0, 0.1) is 5.92 Å². The number of hydrogen-bond acceptors (Lipinski definition) is 5. The Morgan fingerprint density at radius 3 is 3.25 bits per heavy atom. The summed E-state index contributed by atoms with van der Waals surface area (Å²) in [7, 11) is 0. The zero-order valence-electron chi connectivity index (χ0n) is 11.0. The third-order valence-electron chi connectivity index (χ3n) is 3.56. The highest BCUT2D eigenvalue weighted by atomic mass is 32.1. The third-order valence-corrected chi connectivity index (χ3v) is 4.50. The first kappa shape index (κ1) is 13.3. The smallest absolute Gasteiger partial charge is 0.307 e. The van der Waals surface area contributed by atoms with Crippen LogP contribution in [0.4, 0.5) is 0 Å². The molecule has 1 unspecified atom stereocenters. The minimum Gasteiger partial charge on any atom is -0.481 e. The minimum absolute atomic E-state index is 0.240. The maximum Gasteiger partial charge on any atom is 0.307 e. The molecule has 3 rings (SSSR count). The molecule has 1 N–H and O–H groups in total. The van der Waals surface area contributed by atoms with E-state index < -0.39 is 5.97 Å². The molecule has 2 aromatic heterocycles. The van der Waals surface area contributed by atoms with E-state index in [1.165, 1.54) is 0 Å². The second-order valence-corrected chi connectivity index (χ2v) is 5.93. The van der Waals surface area contributed by atoms with E-state index in [9.17, 15) is 4.79 Å². The van der Waals surface area contributed by atoms with Crippen LogP contribution in [-0.4, -0.2) is 34.0 Å². The number of carboxylic acids is 1. The number of rotatable bonds is 4. The van der Waals surface area contributed by atoms with Gasteiger partial charge in [-0.25, -0.2) is 4.98 Å². The van der Waals surface area contributed by atoms with Crippen molar-refractivity contribution >= 4 is 17.3 Å². The van der Waals surface area contributed by atoms with Crippen LogP contribution in [0.2, 0.25) is 0 Å². The normalized spacial score (nSPS) is 20.1. The Labute approximate surface area is 120 Å². The molecule has 1 aliphatic rings. The Hall–Kier alpha value is -1.66. The van der Waals surface area contributed by atoms with Crippen molar-refractivity contribution in [2.75, 3.05) is 13.1 Å². The van der Waals surface area contributed by atoms with E-state index in [2.05, 4.69) is 9.88 Å².